The quantitative estimate of drug-likeness (QED) is 0.534. The predicted octanol–water partition coefficient (Wildman–Crippen LogP) is 3.55. The molecule has 4 rings (SSSR count). The van der Waals surface area contributed by atoms with Crippen LogP contribution in [-0.2, 0) is 4.79 Å². The third-order valence-corrected chi connectivity index (χ3v) is 6.31. The second-order valence-corrected chi connectivity index (χ2v) is 8.81. The maximum absolute atomic E-state index is 12.9. The summed E-state index contributed by atoms with van der Waals surface area (Å²) < 4.78 is 5.84. The van der Waals surface area contributed by atoms with Crippen molar-refractivity contribution < 1.29 is 18.8 Å². The van der Waals surface area contributed by atoms with E-state index in [9.17, 15) is 14.4 Å². The number of carbonyl (C=O) groups excluding carboxylic acids is 3. The fourth-order valence-electron chi connectivity index (χ4n) is 4.48. The Hall–Kier alpha value is -3.55. The maximum atomic E-state index is 12.9. The van der Waals surface area contributed by atoms with E-state index in [1.54, 1.807) is 33.3 Å². The van der Waals surface area contributed by atoms with Crippen molar-refractivity contribution >= 4 is 28.6 Å². The molecule has 8 heteroatoms. The number of aromatic nitrogens is 1. The molecule has 8 nitrogen and oxygen atoms in total. The number of furan rings is 1. The average Bonchev–Trinajstić information content (AvgIpc) is 3.49. The maximum Gasteiger partial charge on any atom is 0.287 e. The van der Waals surface area contributed by atoms with Crippen molar-refractivity contribution in [3.8, 4) is 11.3 Å². The number of nitrogens with zero attached hydrogens (tertiary/aromatic N) is 1. The highest BCUT2D eigenvalue weighted by atomic mass is 16.4. The SMILES string of the molecule is CNC(=O)[C@@H](NC(=O)c1ccc(-c2ccc3cc(C(=O)N(C)C)[nH]c3c2)o1)C1CCCCC1. The molecule has 0 aliphatic heterocycles. The van der Waals surface area contributed by atoms with Crippen molar-refractivity contribution in [2.75, 3.05) is 21.1 Å². The Kier molecular flexibility index (Phi) is 6.53. The molecule has 0 spiro atoms. The molecule has 1 atom stereocenters. The lowest BCUT2D eigenvalue weighted by molar-refractivity contribution is -0.124. The Morgan fingerprint density at radius 1 is 1.06 bits per heavy atom. The molecule has 1 fully saturated rings. The molecule has 3 aromatic rings. The molecule has 1 aliphatic carbocycles. The van der Waals surface area contributed by atoms with E-state index >= 15 is 0 Å². The summed E-state index contributed by atoms with van der Waals surface area (Å²) in [6.45, 7) is 0. The van der Waals surface area contributed by atoms with Crippen LogP contribution in [0.5, 0.6) is 0 Å². The first kappa shape index (κ1) is 22.6. The van der Waals surface area contributed by atoms with E-state index < -0.39 is 11.9 Å². The van der Waals surface area contributed by atoms with Gasteiger partial charge in [-0.05, 0) is 43.0 Å². The molecule has 0 unspecified atom stereocenters. The van der Waals surface area contributed by atoms with Crippen LogP contribution in [0.3, 0.4) is 0 Å². The van der Waals surface area contributed by atoms with Crippen molar-refractivity contribution in [3.05, 3.63) is 47.9 Å². The number of hydrogen-bond acceptors (Lipinski definition) is 4. The first-order valence-electron chi connectivity index (χ1n) is 11.3. The second kappa shape index (κ2) is 9.52. The van der Waals surface area contributed by atoms with Crippen molar-refractivity contribution in [1.29, 1.82) is 0 Å². The Morgan fingerprint density at radius 2 is 1.82 bits per heavy atom. The zero-order chi connectivity index (χ0) is 23.5. The zero-order valence-electron chi connectivity index (χ0n) is 19.2. The molecule has 1 aliphatic rings. The molecule has 33 heavy (non-hydrogen) atoms. The fourth-order valence-corrected chi connectivity index (χ4v) is 4.48. The van der Waals surface area contributed by atoms with Crippen LogP contribution in [0.25, 0.3) is 22.2 Å². The Labute approximate surface area is 192 Å². The third kappa shape index (κ3) is 4.79. The van der Waals surface area contributed by atoms with Gasteiger partial charge in [-0.1, -0.05) is 31.4 Å². The minimum Gasteiger partial charge on any atom is -0.451 e. The zero-order valence-corrected chi connectivity index (χ0v) is 19.2. The van der Waals surface area contributed by atoms with Gasteiger partial charge in [0.25, 0.3) is 11.8 Å². The molecule has 1 saturated carbocycles. The van der Waals surface area contributed by atoms with E-state index in [1.807, 2.05) is 24.3 Å². The number of benzene rings is 1. The normalized spacial score (nSPS) is 15.2. The minimum absolute atomic E-state index is 0.103. The third-order valence-electron chi connectivity index (χ3n) is 6.31. The fraction of sp³-hybridized carbons (Fsp3) is 0.400. The van der Waals surface area contributed by atoms with E-state index in [-0.39, 0.29) is 23.5 Å². The van der Waals surface area contributed by atoms with Gasteiger partial charge >= 0.3 is 0 Å². The van der Waals surface area contributed by atoms with Crippen LogP contribution in [0, 0.1) is 5.92 Å². The number of amides is 3. The molecular formula is C25H30N4O4. The van der Waals surface area contributed by atoms with Gasteiger partial charge in [0.2, 0.25) is 5.91 Å². The summed E-state index contributed by atoms with van der Waals surface area (Å²) in [6.07, 6.45) is 5.17. The predicted molar refractivity (Wildman–Crippen MR) is 126 cm³/mol. The number of nitrogens with one attached hydrogen (secondary N) is 3. The van der Waals surface area contributed by atoms with Crippen LogP contribution in [-0.4, -0.2) is 54.8 Å². The standard InChI is InChI=1S/C25H30N4O4/c1-26-24(31)22(15-7-5-4-6-8-15)28-23(30)21-12-11-20(33-21)17-10-9-16-13-19(25(32)29(2)3)27-18(16)14-17/h9-15,22,27H,4-8H2,1-3H3,(H,26,31)(H,28,30)/t22-/m0/s1. The first-order valence-corrected chi connectivity index (χ1v) is 11.3. The summed E-state index contributed by atoms with van der Waals surface area (Å²) in [5.74, 6) is 0.137. The van der Waals surface area contributed by atoms with Gasteiger partial charge in [-0.2, -0.15) is 0 Å². The lowest BCUT2D eigenvalue weighted by Gasteiger charge is -2.29. The van der Waals surface area contributed by atoms with Gasteiger partial charge in [0.05, 0.1) is 0 Å². The Morgan fingerprint density at radius 3 is 2.52 bits per heavy atom. The highest BCUT2D eigenvalue weighted by Gasteiger charge is 2.31. The number of hydrogen-bond donors (Lipinski definition) is 3. The lowest BCUT2D eigenvalue weighted by atomic mass is 9.83. The summed E-state index contributed by atoms with van der Waals surface area (Å²) in [4.78, 5) is 42.2. The van der Waals surface area contributed by atoms with Crippen LogP contribution < -0.4 is 10.6 Å². The monoisotopic (exact) mass is 450 g/mol. The minimum atomic E-state index is -0.570. The number of H-pyrrole nitrogens is 1. The van der Waals surface area contributed by atoms with Crippen LogP contribution in [0.1, 0.15) is 53.1 Å². The summed E-state index contributed by atoms with van der Waals surface area (Å²) in [7, 11) is 5.00. The molecule has 0 radical (unpaired) electrons. The molecule has 3 amide bonds. The van der Waals surface area contributed by atoms with Crippen LogP contribution in [0.4, 0.5) is 0 Å². The molecule has 2 heterocycles. The number of rotatable bonds is 6. The van der Waals surface area contributed by atoms with Gasteiger partial charge in [-0.25, -0.2) is 0 Å². The van der Waals surface area contributed by atoms with Crippen molar-refractivity contribution in [3.63, 3.8) is 0 Å². The highest BCUT2D eigenvalue weighted by Crippen LogP contribution is 2.29. The Balaban J connectivity index is 1.52. The number of aromatic amines is 1. The van der Waals surface area contributed by atoms with Crippen molar-refractivity contribution in [2.45, 2.75) is 38.1 Å². The van der Waals surface area contributed by atoms with E-state index in [1.165, 1.54) is 11.3 Å². The number of fused-ring (bicyclic) bond motifs is 1. The van der Waals surface area contributed by atoms with Crippen LogP contribution in [0.2, 0.25) is 0 Å². The van der Waals surface area contributed by atoms with E-state index in [0.29, 0.717) is 11.5 Å². The van der Waals surface area contributed by atoms with E-state index in [0.717, 1.165) is 42.1 Å². The summed E-state index contributed by atoms with van der Waals surface area (Å²) in [5.41, 5.74) is 2.09. The smallest absolute Gasteiger partial charge is 0.287 e. The van der Waals surface area contributed by atoms with Gasteiger partial charge in [-0.15, -0.1) is 0 Å². The van der Waals surface area contributed by atoms with E-state index in [2.05, 4.69) is 15.6 Å². The second-order valence-electron chi connectivity index (χ2n) is 8.81. The highest BCUT2D eigenvalue weighted by molar-refractivity contribution is 5.99. The molecule has 174 valence electrons. The van der Waals surface area contributed by atoms with Gasteiger partial charge in [0.15, 0.2) is 5.76 Å². The average molecular weight is 451 g/mol. The summed E-state index contributed by atoms with van der Waals surface area (Å²) in [5, 5.41) is 6.46. The molecule has 0 bridgehead atoms. The van der Waals surface area contributed by atoms with Crippen LogP contribution in [0.15, 0.2) is 40.8 Å². The molecule has 3 N–H and O–H groups in total. The lowest BCUT2D eigenvalue weighted by Crippen LogP contribution is -2.50. The molecule has 1 aromatic carbocycles. The van der Waals surface area contributed by atoms with Crippen molar-refractivity contribution in [2.24, 2.45) is 5.92 Å². The molecular weight excluding hydrogens is 420 g/mol. The summed E-state index contributed by atoms with van der Waals surface area (Å²) in [6, 6.07) is 10.3. The Bertz CT molecular complexity index is 1170. The molecule has 0 saturated heterocycles. The van der Waals surface area contributed by atoms with E-state index in [4.69, 9.17) is 4.42 Å². The topological polar surface area (TPSA) is 107 Å². The number of likely N-dealkylation sites (N-methyl/N-ethyl adjacent to an activating group) is 1. The first-order chi connectivity index (χ1) is 15.9. The van der Waals surface area contributed by atoms with Crippen LogP contribution >= 0.6 is 0 Å². The van der Waals surface area contributed by atoms with Gasteiger partial charge in [0.1, 0.15) is 17.5 Å². The van der Waals surface area contributed by atoms with Crippen molar-refractivity contribution in [1.82, 2.24) is 20.5 Å². The van der Waals surface area contributed by atoms with Gasteiger partial charge < -0.3 is 24.9 Å². The van der Waals surface area contributed by atoms with Gasteiger partial charge in [-0.3, -0.25) is 14.4 Å². The van der Waals surface area contributed by atoms with Gasteiger partial charge in [0, 0.05) is 37.6 Å². The number of carbonyl (C=O) groups is 3. The molecule has 2 aromatic heterocycles. The largest absolute Gasteiger partial charge is 0.451 e. The summed E-state index contributed by atoms with van der Waals surface area (Å²) >= 11 is 0.